The van der Waals surface area contributed by atoms with Gasteiger partial charge < -0.3 is 16.4 Å². The molecule has 1 heterocycles. The van der Waals surface area contributed by atoms with Crippen molar-refractivity contribution in [3.8, 4) is 0 Å². The first-order chi connectivity index (χ1) is 13.2. The van der Waals surface area contributed by atoms with Crippen LogP contribution in [0.2, 0.25) is 0 Å². The quantitative estimate of drug-likeness (QED) is 0.558. The molecule has 0 fully saturated rings. The summed E-state index contributed by atoms with van der Waals surface area (Å²) in [5.41, 5.74) is 5.32. The van der Waals surface area contributed by atoms with E-state index >= 15 is 0 Å². The minimum Gasteiger partial charge on any atom is -0.399 e. The van der Waals surface area contributed by atoms with Crippen LogP contribution in [-0.2, 0) is 6.18 Å². The standard InChI is InChI=1S/C19H14F4N4O/c20-12-4-2-6-15(8-12)25-17-10-13(24)9-16(27-17)18(28)26-14-5-1-3-11(7-14)19(21,22)23/h1-10H,(H,26,28)(H3,24,25,27). The summed E-state index contributed by atoms with van der Waals surface area (Å²) in [6.07, 6.45) is -4.53. The lowest BCUT2D eigenvalue weighted by molar-refractivity contribution is -0.137. The Hall–Kier alpha value is -3.62. The highest BCUT2D eigenvalue weighted by atomic mass is 19.4. The Labute approximate surface area is 157 Å². The first-order valence-corrected chi connectivity index (χ1v) is 7.99. The average Bonchev–Trinajstić information content (AvgIpc) is 2.61. The van der Waals surface area contributed by atoms with Crippen LogP contribution in [0.5, 0.6) is 0 Å². The van der Waals surface area contributed by atoms with Gasteiger partial charge in [-0.25, -0.2) is 9.37 Å². The van der Waals surface area contributed by atoms with Crippen LogP contribution >= 0.6 is 0 Å². The van der Waals surface area contributed by atoms with Crippen molar-refractivity contribution in [3.05, 3.63) is 77.7 Å². The molecule has 2 aromatic carbocycles. The lowest BCUT2D eigenvalue weighted by atomic mass is 10.2. The van der Waals surface area contributed by atoms with E-state index in [2.05, 4.69) is 15.6 Å². The smallest absolute Gasteiger partial charge is 0.399 e. The van der Waals surface area contributed by atoms with Crippen molar-refractivity contribution in [2.75, 3.05) is 16.4 Å². The van der Waals surface area contributed by atoms with E-state index in [1.165, 1.54) is 42.5 Å². The minimum absolute atomic E-state index is 0.0383. The van der Waals surface area contributed by atoms with Crippen molar-refractivity contribution >= 4 is 28.8 Å². The molecule has 3 aromatic rings. The fraction of sp³-hybridized carbons (Fsp3) is 0.0526. The van der Waals surface area contributed by atoms with Crippen LogP contribution in [0.25, 0.3) is 0 Å². The van der Waals surface area contributed by atoms with Gasteiger partial charge in [-0.3, -0.25) is 4.79 Å². The lowest BCUT2D eigenvalue weighted by Crippen LogP contribution is -2.15. The Morgan fingerprint density at radius 2 is 1.68 bits per heavy atom. The Morgan fingerprint density at radius 3 is 2.39 bits per heavy atom. The summed E-state index contributed by atoms with van der Waals surface area (Å²) in [4.78, 5) is 16.5. The lowest BCUT2D eigenvalue weighted by Gasteiger charge is -2.11. The van der Waals surface area contributed by atoms with Gasteiger partial charge in [0.25, 0.3) is 5.91 Å². The molecule has 144 valence electrons. The van der Waals surface area contributed by atoms with Crippen molar-refractivity contribution in [1.82, 2.24) is 4.98 Å². The number of rotatable bonds is 4. The molecule has 4 N–H and O–H groups in total. The van der Waals surface area contributed by atoms with Gasteiger partial charge in [0.05, 0.1) is 5.56 Å². The van der Waals surface area contributed by atoms with Gasteiger partial charge in [-0.1, -0.05) is 12.1 Å². The normalized spacial score (nSPS) is 11.1. The van der Waals surface area contributed by atoms with Crippen LogP contribution in [0.1, 0.15) is 16.1 Å². The summed E-state index contributed by atoms with van der Waals surface area (Å²) in [5.74, 6) is -1.02. The van der Waals surface area contributed by atoms with Gasteiger partial charge >= 0.3 is 6.18 Å². The van der Waals surface area contributed by atoms with E-state index in [4.69, 9.17) is 5.73 Å². The van der Waals surface area contributed by atoms with Gasteiger partial charge in [0.1, 0.15) is 17.3 Å². The highest BCUT2D eigenvalue weighted by molar-refractivity contribution is 6.03. The third-order valence-corrected chi connectivity index (χ3v) is 3.63. The molecule has 28 heavy (non-hydrogen) atoms. The number of benzene rings is 2. The summed E-state index contributed by atoms with van der Waals surface area (Å²) in [6, 6.07) is 12.5. The maximum Gasteiger partial charge on any atom is 0.416 e. The molecule has 0 aliphatic rings. The topological polar surface area (TPSA) is 80.0 Å². The number of amides is 1. The molecule has 0 radical (unpaired) electrons. The number of anilines is 4. The first-order valence-electron chi connectivity index (χ1n) is 7.99. The molecule has 0 aliphatic carbocycles. The van der Waals surface area contributed by atoms with Gasteiger partial charge in [-0.15, -0.1) is 0 Å². The minimum atomic E-state index is -4.53. The molecule has 0 aliphatic heterocycles. The zero-order valence-corrected chi connectivity index (χ0v) is 14.2. The number of nitrogens with one attached hydrogen (secondary N) is 2. The Kier molecular flexibility index (Phi) is 5.16. The number of nitrogens with two attached hydrogens (primary N) is 1. The largest absolute Gasteiger partial charge is 0.416 e. The number of nitrogens with zero attached hydrogens (tertiary/aromatic N) is 1. The molecule has 3 rings (SSSR count). The Morgan fingerprint density at radius 1 is 0.964 bits per heavy atom. The van der Waals surface area contributed by atoms with Crippen LogP contribution < -0.4 is 16.4 Å². The molecule has 5 nitrogen and oxygen atoms in total. The van der Waals surface area contributed by atoms with E-state index < -0.39 is 23.5 Å². The van der Waals surface area contributed by atoms with E-state index in [1.807, 2.05) is 0 Å². The molecular weight excluding hydrogens is 376 g/mol. The number of hydrogen-bond acceptors (Lipinski definition) is 4. The maximum absolute atomic E-state index is 13.3. The number of carbonyl (C=O) groups is 1. The van der Waals surface area contributed by atoms with Gasteiger partial charge in [0.2, 0.25) is 0 Å². The SMILES string of the molecule is Nc1cc(Nc2cccc(F)c2)nc(C(=O)Nc2cccc(C(F)(F)F)c2)c1. The molecule has 1 amide bonds. The van der Waals surface area contributed by atoms with Gasteiger partial charge in [0.15, 0.2) is 0 Å². The number of halogens is 4. The first kappa shape index (κ1) is 19.2. The zero-order chi connectivity index (χ0) is 20.3. The Bertz CT molecular complexity index is 1020. The van der Waals surface area contributed by atoms with E-state index in [-0.39, 0.29) is 22.9 Å². The van der Waals surface area contributed by atoms with Crippen LogP contribution in [0.15, 0.2) is 60.7 Å². The predicted octanol–water partition coefficient (Wildman–Crippen LogP) is 4.82. The summed E-state index contributed by atoms with van der Waals surface area (Å²) >= 11 is 0. The molecule has 0 spiro atoms. The van der Waals surface area contributed by atoms with Crippen molar-refractivity contribution in [2.24, 2.45) is 0 Å². The van der Waals surface area contributed by atoms with Gasteiger partial charge in [0, 0.05) is 23.1 Å². The molecule has 0 bridgehead atoms. The maximum atomic E-state index is 13.3. The molecule has 0 unspecified atom stereocenters. The Balaban J connectivity index is 1.81. The fourth-order valence-electron chi connectivity index (χ4n) is 2.41. The van der Waals surface area contributed by atoms with Crippen molar-refractivity contribution < 1.29 is 22.4 Å². The number of aromatic nitrogens is 1. The van der Waals surface area contributed by atoms with Crippen LogP contribution in [0, 0.1) is 5.82 Å². The van der Waals surface area contributed by atoms with E-state index in [0.717, 1.165) is 12.1 Å². The number of hydrogen-bond donors (Lipinski definition) is 3. The number of carbonyl (C=O) groups excluding carboxylic acids is 1. The molecular formula is C19H14F4N4O. The average molecular weight is 390 g/mol. The third-order valence-electron chi connectivity index (χ3n) is 3.63. The second kappa shape index (κ2) is 7.55. The number of pyridine rings is 1. The van der Waals surface area contributed by atoms with Crippen molar-refractivity contribution in [3.63, 3.8) is 0 Å². The fourth-order valence-corrected chi connectivity index (χ4v) is 2.41. The van der Waals surface area contributed by atoms with E-state index in [1.54, 1.807) is 6.07 Å². The zero-order valence-electron chi connectivity index (χ0n) is 14.2. The molecule has 1 aromatic heterocycles. The monoisotopic (exact) mass is 390 g/mol. The summed E-state index contributed by atoms with van der Waals surface area (Å²) in [6.45, 7) is 0. The molecule has 0 saturated carbocycles. The van der Waals surface area contributed by atoms with Crippen LogP contribution in [-0.4, -0.2) is 10.9 Å². The van der Waals surface area contributed by atoms with E-state index in [0.29, 0.717) is 5.69 Å². The van der Waals surface area contributed by atoms with E-state index in [9.17, 15) is 22.4 Å². The number of nitrogen functional groups attached to an aromatic ring is 1. The summed E-state index contributed by atoms with van der Waals surface area (Å²) < 4.78 is 51.7. The van der Waals surface area contributed by atoms with Gasteiger partial charge in [-0.05, 0) is 42.5 Å². The highest BCUT2D eigenvalue weighted by Gasteiger charge is 2.30. The summed E-state index contributed by atoms with van der Waals surface area (Å²) in [7, 11) is 0. The number of alkyl halides is 3. The molecule has 9 heteroatoms. The second-order valence-corrected chi connectivity index (χ2v) is 5.84. The van der Waals surface area contributed by atoms with Crippen LogP contribution in [0.4, 0.5) is 40.4 Å². The predicted molar refractivity (Wildman–Crippen MR) is 97.7 cm³/mol. The van der Waals surface area contributed by atoms with Crippen molar-refractivity contribution in [1.29, 1.82) is 0 Å². The molecule has 0 saturated heterocycles. The molecule has 0 atom stereocenters. The van der Waals surface area contributed by atoms with Crippen LogP contribution in [0.3, 0.4) is 0 Å². The third kappa shape index (κ3) is 4.76. The second-order valence-electron chi connectivity index (χ2n) is 5.84. The summed E-state index contributed by atoms with van der Waals surface area (Å²) in [5, 5.41) is 5.17. The van der Waals surface area contributed by atoms with Gasteiger partial charge in [-0.2, -0.15) is 13.2 Å². The highest BCUT2D eigenvalue weighted by Crippen LogP contribution is 2.30. The van der Waals surface area contributed by atoms with Crippen molar-refractivity contribution in [2.45, 2.75) is 6.18 Å².